The molecule has 0 aromatic carbocycles. The van der Waals surface area contributed by atoms with Crippen molar-refractivity contribution >= 4 is 29.9 Å². The fourth-order valence-corrected chi connectivity index (χ4v) is 3.12. The van der Waals surface area contributed by atoms with Crippen LogP contribution in [0.1, 0.15) is 51.0 Å². The maximum atomic E-state index is 5.30. The summed E-state index contributed by atoms with van der Waals surface area (Å²) in [5.74, 6) is 1.70. The summed E-state index contributed by atoms with van der Waals surface area (Å²) >= 11 is 0. The van der Waals surface area contributed by atoms with Gasteiger partial charge in [0.25, 0.3) is 0 Å². The van der Waals surface area contributed by atoms with Gasteiger partial charge in [0, 0.05) is 37.8 Å². The molecule has 24 heavy (non-hydrogen) atoms. The van der Waals surface area contributed by atoms with Crippen LogP contribution in [0.3, 0.4) is 0 Å². The topological polar surface area (TPSA) is 65.7 Å². The molecule has 0 amide bonds. The summed E-state index contributed by atoms with van der Waals surface area (Å²) in [5.41, 5.74) is 0.987. The average molecular weight is 447 g/mol. The summed E-state index contributed by atoms with van der Waals surface area (Å²) in [5, 5.41) is 10.9. The number of aliphatic imine (C=N–C) groups is 1. The second kappa shape index (κ2) is 9.60. The van der Waals surface area contributed by atoms with Gasteiger partial charge in [-0.1, -0.05) is 12.1 Å². The highest BCUT2D eigenvalue weighted by Gasteiger charge is 2.31. The average Bonchev–Trinajstić information content (AvgIpc) is 3.32. The zero-order chi connectivity index (χ0) is 16.1. The molecular weight excluding hydrogens is 417 g/mol. The van der Waals surface area contributed by atoms with E-state index >= 15 is 0 Å². The first-order valence-electron chi connectivity index (χ1n) is 9.01. The van der Waals surface area contributed by atoms with Crippen molar-refractivity contribution in [1.82, 2.24) is 20.7 Å². The third kappa shape index (κ3) is 5.61. The lowest BCUT2D eigenvalue weighted by atomic mass is 10.1. The summed E-state index contributed by atoms with van der Waals surface area (Å²) in [7, 11) is 0. The number of aryl methyl sites for hydroxylation is 1. The summed E-state index contributed by atoms with van der Waals surface area (Å²) in [6.07, 6.45) is 6.09. The standard InChI is InChI=1S/C17H29N5O.HI/c1-3-13-11-16(23-21-13)12-19-17(18-4-2)20-14-7-9-22(10-8-14)15-5-6-15;/h11,14-15H,3-10,12H2,1-2H3,(H2,18,19,20);1H. The van der Waals surface area contributed by atoms with E-state index in [4.69, 9.17) is 4.52 Å². The largest absolute Gasteiger partial charge is 0.359 e. The predicted octanol–water partition coefficient (Wildman–Crippen LogP) is 2.54. The van der Waals surface area contributed by atoms with E-state index in [2.05, 4.69) is 39.5 Å². The van der Waals surface area contributed by atoms with E-state index in [0.29, 0.717) is 12.6 Å². The molecule has 1 aromatic heterocycles. The summed E-state index contributed by atoms with van der Waals surface area (Å²) in [6, 6.07) is 3.39. The zero-order valence-electron chi connectivity index (χ0n) is 14.8. The Labute approximate surface area is 161 Å². The van der Waals surface area contributed by atoms with Crippen molar-refractivity contribution in [2.45, 2.75) is 64.6 Å². The molecule has 0 spiro atoms. The number of nitrogens with one attached hydrogen (secondary N) is 2. The lowest BCUT2D eigenvalue weighted by molar-refractivity contribution is 0.197. The van der Waals surface area contributed by atoms with Gasteiger partial charge < -0.3 is 20.1 Å². The minimum atomic E-state index is 0. The van der Waals surface area contributed by atoms with Gasteiger partial charge in [0.05, 0.1) is 5.69 Å². The van der Waals surface area contributed by atoms with Gasteiger partial charge in [0.1, 0.15) is 6.54 Å². The highest BCUT2D eigenvalue weighted by Crippen LogP contribution is 2.29. The van der Waals surface area contributed by atoms with Crippen LogP contribution in [0.15, 0.2) is 15.6 Å². The molecule has 1 aliphatic heterocycles. The molecule has 1 aliphatic carbocycles. The number of rotatable bonds is 6. The summed E-state index contributed by atoms with van der Waals surface area (Å²) in [4.78, 5) is 7.28. The number of likely N-dealkylation sites (tertiary alicyclic amines) is 1. The minimum Gasteiger partial charge on any atom is -0.359 e. The van der Waals surface area contributed by atoms with E-state index in [-0.39, 0.29) is 24.0 Å². The Morgan fingerprint density at radius 3 is 2.62 bits per heavy atom. The Morgan fingerprint density at radius 2 is 2.04 bits per heavy atom. The van der Waals surface area contributed by atoms with Crippen LogP contribution >= 0.6 is 24.0 Å². The van der Waals surface area contributed by atoms with Crippen LogP contribution in [0, 0.1) is 0 Å². The predicted molar refractivity (Wildman–Crippen MR) is 107 cm³/mol. The van der Waals surface area contributed by atoms with Crippen molar-refractivity contribution < 1.29 is 4.52 Å². The second-order valence-corrected chi connectivity index (χ2v) is 6.52. The maximum Gasteiger partial charge on any atom is 0.191 e. The van der Waals surface area contributed by atoms with Crippen molar-refractivity contribution in [2.75, 3.05) is 19.6 Å². The molecule has 2 N–H and O–H groups in total. The number of guanidine groups is 1. The van der Waals surface area contributed by atoms with Gasteiger partial charge in [-0.25, -0.2) is 4.99 Å². The van der Waals surface area contributed by atoms with Crippen LogP contribution in [0.2, 0.25) is 0 Å². The molecule has 3 rings (SSSR count). The van der Waals surface area contributed by atoms with E-state index in [0.717, 1.165) is 36.4 Å². The lowest BCUT2D eigenvalue weighted by Gasteiger charge is -2.33. The van der Waals surface area contributed by atoms with Gasteiger partial charge in [-0.2, -0.15) is 0 Å². The third-order valence-electron chi connectivity index (χ3n) is 4.64. The molecular formula is C17H30IN5O. The van der Waals surface area contributed by atoms with Crippen LogP contribution in [-0.2, 0) is 13.0 Å². The molecule has 0 radical (unpaired) electrons. The number of halogens is 1. The van der Waals surface area contributed by atoms with Crippen LogP contribution in [-0.4, -0.2) is 47.7 Å². The summed E-state index contributed by atoms with van der Waals surface area (Å²) < 4.78 is 5.30. The molecule has 2 fully saturated rings. The number of piperidine rings is 1. The Kier molecular flexibility index (Phi) is 7.80. The molecule has 2 heterocycles. The van der Waals surface area contributed by atoms with E-state index < -0.39 is 0 Å². The second-order valence-electron chi connectivity index (χ2n) is 6.52. The van der Waals surface area contributed by atoms with Gasteiger partial charge in [-0.15, -0.1) is 24.0 Å². The maximum absolute atomic E-state index is 5.30. The molecule has 1 aromatic rings. The number of aromatic nitrogens is 1. The smallest absolute Gasteiger partial charge is 0.191 e. The van der Waals surface area contributed by atoms with E-state index in [1.165, 1.54) is 38.8 Å². The van der Waals surface area contributed by atoms with Gasteiger partial charge in [0.15, 0.2) is 11.7 Å². The van der Waals surface area contributed by atoms with Crippen LogP contribution in [0.25, 0.3) is 0 Å². The fourth-order valence-electron chi connectivity index (χ4n) is 3.12. The van der Waals surface area contributed by atoms with E-state index in [1.54, 1.807) is 0 Å². The fraction of sp³-hybridized carbons (Fsp3) is 0.765. The molecule has 136 valence electrons. The Balaban J connectivity index is 0.00000208. The first-order chi connectivity index (χ1) is 11.3. The van der Waals surface area contributed by atoms with Crippen molar-refractivity contribution in [1.29, 1.82) is 0 Å². The van der Waals surface area contributed by atoms with Gasteiger partial charge >= 0.3 is 0 Å². The quantitative estimate of drug-likeness (QED) is 0.399. The lowest BCUT2D eigenvalue weighted by Crippen LogP contribution is -2.49. The Morgan fingerprint density at radius 1 is 1.29 bits per heavy atom. The van der Waals surface area contributed by atoms with Crippen molar-refractivity contribution in [3.63, 3.8) is 0 Å². The first kappa shape index (κ1) is 19.5. The van der Waals surface area contributed by atoms with Crippen LogP contribution in [0.5, 0.6) is 0 Å². The molecule has 1 saturated heterocycles. The van der Waals surface area contributed by atoms with E-state index in [1.807, 2.05) is 6.07 Å². The molecule has 6 nitrogen and oxygen atoms in total. The monoisotopic (exact) mass is 447 g/mol. The highest BCUT2D eigenvalue weighted by atomic mass is 127. The molecule has 0 atom stereocenters. The van der Waals surface area contributed by atoms with Crippen LogP contribution in [0.4, 0.5) is 0 Å². The highest BCUT2D eigenvalue weighted by molar-refractivity contribution is 14.0. The van der Waals surface area contributed by atoms with Crippen molar-refractivity contribution in [3.05, 3.63) is 17.5 Å². The number of nitrogens with zero attached hydrogens (tertiary/aromatic N) is 3. The van der Waals surface area contributed by atoms with Gasteiger partial charge in [-0.05, 0) is 39.0 Å². The molecule has 0 unspecified atom stereocenters. The van der Waals surface area contributed by atoms with Crippen LogP contribution < -0.4 is 10.6 Å². The summed E-state index contributed by atoms with van der Waals surface area (Å²) in [6.45, 7) is 7.99. The van der Waals surface area contributed by atoms with Gasteiger partial charge in [0.2, 0.25) is 0 Å². The Hall–Kier alpha value is -0.830. The zero-order valence-corrected chi connectivity index (χ0v) is 17.1. The number of hydrogen-bond acceptors (Lipinski definition) is 4. The first-order valence-corrected chi connectivity index (χ1v) is 9.01. The van der Waals surface area contributed by atoms with Gasteiger partial charge in [-0.3, -0.25) is 0 Å². The third-order valence-corrected chi connectivity index (χ3v) is 4.64. The molecule has 2 aliphatic rings. The number of hydrogen-bond donors (Lipinski definition) is 2. The van der Waals surface area contributed by atoms with Crippen molar-refractivity contribution in [3.8, 4) is 0 Å². The molecule has 7 heteroatoms. The SMILES string of the molecule is CCNC(=NCc1cc(CC)no1)NC1CCN(C2CC2)CC1.I. The van der Waals surface area contributed by atoms with Crippen molar-refractivity contribution in [2.24, 2.45) is 4.99 Å². The normalized spacial score (nSPS) is 19.8. The molecule has 0 bridgehead atoms. The minimum absolute atomic E-state index is 0. The van der Waals surface area contributed by atoms with E-state index in [9.17, 15) is 0 Å². The Bertz CT molecular complexity index is 521. The molecule has 1 saturated carbocycles.